The van der Waals surface area contributed by atoms with E-state index in [0.717, 1.165) is 7.11 Å². The number of esters is 1. The fourth-order valence-corrected chi connectivity index (χ4v) is 1.39. The summed E-state index contributed by atoms with van der Waals surface area (Å²) in [6.07, 6.45) is -5.37. The third-order valence-corrected chi connectivity index (χ3v) is 2.30. The molecule has 0 radical (unpaired) electrons. The van der Waals surface area contributed by atoms with E-state index in [4.69, 9.17) is 11.6 Å². The molecule has 0 aliphatic rings. The van der Waals surface area contributed by atoms with Crippen LogP contribution in [0.4, 0.5) is 17.6 Å². The van der Waals surface area contributed by atoms with Crippen LogP contribution in [0.5, 0.6) is 0 Å². The maximum atomic E-state index is 13.1. The lowest BCUT2D eigenvalue weighted by Gasteiger charge is -2.13. The minimum absolute atomic E-state index is 0.454. The molecule has 0 aliphatic carbocycles. The first kappa shape index (κ1) is 13.8. The molecule has 0 fully saturated rings. The summed E-state index contributed by atoms with van der Waals surface area (Å²) in [6.45, 7) is 0. The Hall–Kier alpha value is -1.30. The molecule has 0 aromatic heterocycles. The Bertz CT molecular complexity index is 443. The fraction of sp³-hybridized carbons (Fsp3) is 0.300. The van der Waals surface area contributed by atoms with Crippen molar-refractivity contribution >= 4 is 17.6 Å². The highest BCUT2D eigenvalue weighted by Gasteiger charge is 2.34. The first-order valence-corrected chi connectivity index (χ1v) is 4.75. The third kappa shape index (κ3) is 3.33. The molecule has 0 N–H and O–H groups in total. The lowest BCUT2D eigenvalue weighted by Crippen LogP contribution is -2.14. The van der Waals surface area contributed by atoms with E-state index in [0.29, 0.717) is 12.1 Å². The molecule has 1 aromatic rings. The molecule has 0 aliphatic heterocycles. The van der Waals surface area contributed by atoms with Crippen LogP contribution in [0.1, 0.15) is 11.1 Å². The van der Waals surface area contributed by atoms with E-state index < -0.39 is 40.5 Å². The molecule has 0 amide bonds. The zero-order chi connectivity index (χ0) is 13.2. The topological polar surface area (TPSA) is 26.3 Å². The Kier molecular flexibility index (Phi) is 3.98. The predicted molar refractivity (Wildman–Crippen MR) is 52.1 cm³/mol. The summed E-state index contributed by atoms with van der Waals surface area (Å²) in [5.74, 6) is -1.91. The van der Waals surface area contributed by atoms with E-state index in [1.165, 1.54) is 0 Å². The number of alkyl halides is 3. The molecule has 0 heterocycles. The maximum Gasteiger partial charge on any atom is 0.416 e. The van der Waals surface area contributed by atoms with Gasteiger partial charge in [0.05, 0.1) is 24.1 Å². The van der Waals surface area contributed by atoms with E-state index in [1.54, 1.807) is 0 Å². The summed E-state index contributed by atoms with van der Waals surface area (Å²) in [5, 5.41) is -0.647. The van der Waals surface area contributed by atoms with Crippen molar-refractivity contribution in [2.24, 2.45) is 0 Å². The average Bonchev–Trinajstić information content (AvgIpc) is 2.21. The molecule has 1 rings (SSSR count). The van der Waals surface area contributed by atoms with Crippen molar-refractivity contribution in [3.05, 3.63) is 34.1 Å². The Labute approximate surface area is 99.1 Å². The van der Waals surface area contributed by atoms with Crippen LogP contribution in [0.15, 0.2) is 12.1 Å². The minimum atomic E-state index is -4.71. The van der Waals surface area contributed by atoms with Crippen LogP contribution in [-0.4, -0.2) is 13.1 Å². The lowest BCUT2D eigenvalue weighted by atomic mass is 10.0. The van der Waals surface area contributed by atoms with Crippen molar-refractivity contribution in [1.82, 2.24) is 0 Å². The molecule has 17 heavy (non-hydrogen) atoms. The molecule has 7 heteroatoms. The van der Waals surface area contributed by atoms with Gasteiger partial charge in [-0.3, -0.25) is 4.79 Å². The second-order valence-corrected chi connectivity index (χ2v) is 3.58. The lowest BCUT2D eigenvalue weighted by molar-refractivity contribution is -0.141. The molecule has 1 aromatic carbocycles. The van der Waals surface area contributed by atoms with E-state index in [1.807, 2.05) is 0 Å². The number of hydrogen-bond acceptors (Lipinski definition) is 2. The molecule has 0 unspecified atom stereocenters. The van der Waals surface area contributed by atoms with Gasteiger partial charge in [-0.05, 0) is 17.7 Å². The van der Waals surface area contributed by atoms with Gasteiger partial charge >= 0.3 is 12.1 Å². The van der Waals surface area contributed by atoms with Gasteiger partial charge in [0.1, 0.15) is 5.82 Å². The van der Waals surface area contributed by atoms with Crippen LogP contribution in [0.3, 0.4) is 0 Å². The van der Waals surface area contributed by atoms with Crippen LogP contribution in [-0.2, 0) is 22.1 Å². The Morgan fingerprint density at radius 1 is 1.41 bits per heavy atom. The highest BCUT2D eigenvalue weighted by atomic mass is 35.5. The van der Waals surface area contributed by atoms with Crippen molar-refractivity contribution in [1.29, 1.82) is 0 Å². The molecular weight excluding hydrogens is 264 g/mol. The van der Waals surface area contributed by atoms with E-state index in [-0.39, 0.29) is 0 Å². The van der Waals surface area contributed by atoms with Crippen LogP contribution >= 0.6 is 11.6 Å². The van der Waals surface area contributed by atoms with Crippen molar-refractivity contribution < 1.29 is 27.1 Å². The second kappa shape index (κ2) is 4.91. The van der Waals surface area contributed by atoms with Gasteiger partial charge in [-0.2, -0.15) is 13.2 Å². The predicted octanol–water partition coefficient (Wildman–Crippen LogP) is 3.21. The van der Waals surface area contributed by atoms with E-state index in [9.17, 15) is 22.4 Å². The quantitative estimate of drug-likeness (QED) is 0.609. The van der Waals surface area contributed by atoms with Crippen molar-refractivity contribution in [2.45, 2.75) is 12.6 Å². The monoisotopic (exact) mass is 270 g/mol. The van der Waals surface area contributed by atoms with Crippen LogP contribution in [0, 0.1) is 5.82 Å². The molecule has 94 valence electrons. The van der Waals surface area contributed by atoms with Crippen molar-refractivity contribution in [3.63, 3.8) is 0 Å². The fourth-order valence-electron chi connectivity index (χ4n) is 1.23. The molecule has 0 bridgehead atoms. The summed E-state index contributed by atoms with van der Waals surface area (Å²) in [5.41, 5.74) is -1.65. The molecule has 0 saturated carbocycles. The van der Waals surface area contributed by atoms with Crippen LogP contribution in [0.2, 0.25) is 5.02 Å². The van der Waals surface area contributed by atoms with Crippen LogP contribution < -0.4 is 0 Å². The number of carbonyl (C=O) groups excluding carboxylic acids is 1. The average molecular weight is 271 g/mol. The first-order valence-electron chi connectivity index (χ1n) is 4.37. The Balaban J connectivity index is 3.26. The zero-order valence-electron chi connectivity index (χ0n) is 8.57. The highest BCUT2D eigenvalue weighted by Crippen LogP contribution is 2.35. The van der Waals surface area contributed by atoms with Gasteiger partial charge in [-0.15, -0.1) is 0 Å². The number of benzene rings is 1. The van der Waals surface area contributed by atoms with E-state index in [2.05, 4.69) is 4.74 Å². The Morgan fingerprint density at radius 2 is 2.00 bits per heavy atom. The summed E-state index contributed by atoms with van der Waals surface area (Å²) in [7, 11) is 1.03. The van der Waals surface area contributed by atoms with Gasteiger partial charge < -0.3 is 4.74 Å². The molecule has 0 saturated heterocycles. The highest BCUT2D eigenvalue weighted by molar-refractivity contribution is 6.30. The zero-order valence-corrected chi connectivity index (χ0v) is 9.32. The van der Waals surface area contributed by atoms with E-state index >= 15 is 0 Å². The summed E-state index contributed by atoms with van der Waals surface area (Å²) in [4.78, 5) is 10.9. The summed E-state index contributed by atoms with van der Waals surface area (Å²) < 4.78 is 55.0. The minimum Gasteiger partial charge on any atom is -0.469 e. The number of hydrogen-bond donors (Lipinski definition) is 0. The SMILES string of the molecule is COC(=O)Cc1cc(F)c(Cl)cc1C(F)(F)F. The number of ether oxygens (including phenoxy) is 1. The number of methoxy groups -OCH3 is 1. The van der Waals surface area contributed by atoms with Gasteiger partial charge in [0.25, 0.3) is 0 Å². The van der Waals surface area contributed by atoms with Gasteiger partial charge in [-0.25, -0.2) is 4.39 Å². The molecular formula is C10H7ClF4O2. The molecule has 2 nitrogen and oxygen atoms in total. The van der Waals surface area contributed by atoms with Crippen LogP contribution in [0.25, 0.3) is 0 Å². The first-order chi connectivity index (χ1) is 7.75. The number of carbonyl (C=O) groups is 1. The van der Waals surface area contributed by atoms with Gasteiger partial charge in [0, 0.05) is 0 Å². The van der Waals surface area contributed by atoms with Gasteiger partial charge in [-0.1, -0.05) is 11.6 Å². The smallest absolute Gasteiger partial charge is 0.416 e. The number of halogens is 5. The number of rotatable bonds is 2. The van der Waals surface area contributed by atoms with Crippen molar-refractivity contribution in [3.8, 4) is 0 Å². The normalized spacial score (nSPS) is 11.4. The standard InChI is InChI=1S/C10H7ClF4O2/c1-17-9(16)3-5-2-8(12)7(11)4-6(5)10(13,14)15/h2,4H,3H2,1H3. The third-order valence-electron chi connectivity index (χ3n) is 2.01. The largest absolute Gasteiger partial charge is 0.469 e. The molecule has 0 atom stereocenters. The molecule has 0 spiro atoms. The summed E-state index contributed by atoms with van der Waals surface area (Å²) in [6, 6.07) is 1.04. The maximum absolute atomic E-state index is 13.1. The second-order valence-electron chi connectivity index (χ2n) is 3.17. The van der Waals surface area contributed by atoms with Crippen molar-refractivity contribution in [2.75, 3.05) is 7.11 Å². The van der Waals surface area contributed by atoms with Gasteiger partial charge in [0.15, 0.2) is 0 Å². The Morgan fingerprint density at radius 3 is 2.47 bits per heavy atom. The summed E-state index contributed by atoms with van der Waals surface area (Å²) >= 11 is 5.27. The van der Waals surface area contributed by atoms with Gasteiger partial charge in [0.2, 0.25) is 0 Å².